The largest absolute Gasteiger partial charge is 0.0826 e. The van der Waals surface area contributed by atoms with Crippen molar-refractivity contribution in [2.45, 2.75) is 98.7 Å². The summed E-state index contributed by atoms with van der Waals surface area (Å²) in [5.41, 5.74) is 0. The fraction of sp³-hybridized carbons (Fsp3) is 1.00. The summed E-state index contributed by atoms with van der Waals surface area (Å²) in [4.78, 5) is 0. The fourth-order valence-corrected chi connectivity index (χ4v) is 5.34. The molecule has 0 rings (SSSR count). The molecule has 0 aliphatic rings. The van der Waals surface area contributed by atoms with Gasteiger partial charge in [0.2, 0.25) is 0 Å². The van der Waals surface area contributed by atoms with Gasteiger partial charge in [0, 0.05) is 7.85 Å². The number of alkyl halides is 2. The van der Waals surface area contributed by atoms with Gasteiger partial charge in [-0.15, -0.1) is 0 Å². The zero-order valence-corrected chi connectivity index (χ0v) is 16.7. The van der Waals surface area contributed by atoms with Gasteiger partial charge in [0.1, 0.15) is 0 Å². The molecule has 0 aliphatic heterocycles. The second-order valence-electron chi connectivity index (χ2n) is 5.48. The van der Waals surface area contributed by atoms with E-state index in [1.807, 2.05) is 0 Å². The van der Waals surface area contributed by atoms with E-state index in [0.717, 1.165) is 7.85 Å². The molecule has 0 aromatic heterocycles. The summed E-state index contributed by atoms with van der Waals surface area (Å²) in [5, 5.41) is 0. The molecule has 0 saturated carbocycles. The van der Waals surface area contributed by atoms with Crippen molar-refractivity contribution in [2.24, 2.45) is 0 Å². The summed E-state index contributed by atoms with van der Waals surface area (Å²) < 4.78 is 1.83. The van der Waals surface area contributed by atoms with Crippen LogP contribution in [0.5, 0.6) is 0 Å². The fourth-order valence-electron chi connectivity index (χ4n) is 2.26. The molecule has 0 nitrogen and oxygen atoms in total. The highest BCUT2D eigenvalue weighted by Crippen LogP contribution is 2.24. The minimum Gasteiger partial charge on any atom is -0.0826 e. The number of halogens is 2. The van der Waals surface area contributed by atoms with Gasteiger partial charge in [-0.3, -0.25) is 0 Å². The van der Waals surface area contributed by atoms with Crippen LogP contribution in [0.1, 0.15) is 90.9 Å². The normalized spacial score (nSPS) is 14.7. The van der Waals surface area contributed by atoms with Crippen LogP contribution in [-0.2, 0) is 0 Å². The molecule has 0 aromatic carbocycles. The highest BCUT2D eigenvalue weighted by Gasteiger charge is 2.10. The molecule has 110 valence electrons. The molecule has 0 aliphatic carbocycles. The molecule has 0 spiro atoms. The summed E-state index contributed by atoms with van der Waals surface area (Å²) >= 11 is 5.34. The van der Waals surface area contributed by atoms with E-state index >= 15 is 0 Å². The number of unbranched alkanes of at least 4 members (excludes halogenated alkanes) is 7. The Hall–Kier alpha value is 1.46. The third-order valence-electron chi connectivity index (χ3n) is 3.50. The molecule has 2 heteroatoms. The predicted octanol–water partition coefficient (Wildman–Crippen LogP) is 7.31. The van der Waals surface area contributed by atoms with Gasteiger partial charge in [-0.2, -0.15) is 0 Å². The molecule has 18 heavy (non-hydrogen) atoms. The van der Waals surface area contributed by atoms with Crippen molar-refractivity contribution in [3.05, 3.63) is 0 Å². The summed E-state index contributed by atoms with van der Waals surface area (Å²) in [6.07, 6.45) is 17.2. The highest BCUT2D eigenvalue weighted by atomic mass is 127. The number of hydrogen-bond donors (Lipinski definition) is 0. The van der Waals surface area contributed by atoms with Crippen molar-refractivity contribution in [1.82, 2.24) is 0 Å². The van der Waals surface area contributed by atoms with Gasteiger partial charge >= 0.3 is 0 Å². The van der Waals surface area contributed by atoms with Crippen LogP contribution < -0.4 is 0 Å². The maximum Gasteiger partial charge on any atom is 0.0120 e. The first-order valence-electron chi connectivity index (χ1n) is 7.98. The van der Waals surface area contributed by atoms with Gasteiger partial charge in [0.05, 0.1) is 0 Å². The average Bonchev–Trinajstić information content (AvgIpc) is 2.35. The lowest BCUT2D eigenvalue weighted by Gasteiger charge is -2.14. The van der Waals surface area contributed by atoms with Gasteiger partial charge in [0.25, 0.3) is 0 Å². The van der Waals surface area contributed by atoms with Crippen LogP contribution in [0, 0.1) is 0 Å². The van der Waals surface area contributed by atoms with Gasteiger partial charge in [-0.05, 0) is 19.3 Å². The smallest absolute Gasteiger partial charge is 0.0120 e. The summed E-state index contributed by atoms with van der Waals surface area (Å²) in [7, 11) is 0. The van der Waals surface area contributed by atoms with Gasteiger partial charge < -0.3 is 0 Å². The lowest BCUT2D eigenvalue weighted by Crippen LogP contribution is -2.07. The molecule has 0 aromatic rings. The summed E-state index contributed by atoms with van der Waals surface area (Å²) in [5.74, 6) is 0. The Morgan fingerprint density at radius 1 is 0.611 bits per heavy atom. The molecule has 0 N–H and O–H groups in total. The highest BCUT2D eigenvalue weighted by molar-refractivity contribution is 14.1. The van der Waals surface area contributed by atoms with E-state index in [4.69, 9.17) is 0 Å². The first-order valence-corrected chi connectivity index (χ1v) is 10.5. The Morgan fingerprint density at radius 2 is 1.06 bits per heavy atom. The van der Waals surface area contributed by atoms with Gasteiger partial charge in [0.15, 0.2) is 0 Å². The molecular weight excluding hydrogens is 446 g/mol. The number of hydrogen-bond acceptors (Lipinski definition) is 0. The molecule has 2 atom stereocenters. The summed E-state index contributed by atoms with van der Waals surface area (Å²) in [6, 6.07) is 0. The van der Waals surface area contributed by atoms with Crippen LogP contribution in [0.15, 0.2) is 0 Å². The van der Waals surface area contributed by atoms with Gasteiger partial charge in [-0.1, -0.05) is 117 Å². The zero-order valence-electron chi connectivity index (χ0n) is 12.4. The minimum atomic E-state index is 0.911. The quantitative estimate of drug-likeness (QED) is 0.148. The molecule has 0 radical (unpaired) electrons. The molecule has 0 saturated heterocycles. The van der Waals surface area contributed by atoms with Crippen LogP contribution in [-0.4, -0.2) is 7.85 Å². The summed E-state index contributed by atoms with van der Waals surface area (Å²) in [6.45, 7) is 4.59. The van der Waals surface area contributed by atoms with E-state index in [1.54, 1.807) is 0 Å². The Morgan fingerprint density at radius 3 is 1.61 bits per heavy atom. The van der Waals surface area contributed by atoms with Crippen LogP contribution in [0.25, 0.3) is 0 Å². The van der Waals surface area contributed by atoms with Crippen molar-refractivity contribution in [3.63, 3.8) is 0 Å². The van der Waals surface area contributed by atoms with Crippen molar-refractivity contribution >= 4 is 45.2 Å². The van der Waals surface area contributed by atoms with Crippen molar-refractivity contribution in [1.29, 1.82) is 0 Å². The zero-order chi connectivity index (χ0) is 13.6. The van der Waals surface area contributed by atoms with Crippen molar-refractivity contribution < 1.29 is 0 Å². The van der Waals surface area contributed by atoms with Gasteiger partial charge in [-0.25, -0.2) is 0 Å². The molecule has 0 heterocycles. The SMILES string of the molecule is CCCCCCCCCC(I)CC(I)CCCC. The van der Waals surface area contributed by atoms with E-state index in [9.17, 15) is 0 Å². The standard InChI is InChI=1S/C16H32I2/c1-3-5-7-8-9-10-11-13-16(18)14-15(17)12-6-4-2/h15-16H,3-14H2,1-2H3. The second-order valence-corrected chi connectivity index (χ2v) is 9.01. The second kappa shape index (κ2) is 14.9. The Kier molecular flexibility index (Phi) is 16.1. The van der Waals surface area contributed by atoms with Crippen molar-refractivity contribution in [3.8, 4) is 0 Å². The van der Waals surface area contributed by atoms with E-state index < -0.39 is 0 Å². The number of rotatable bonds is 13. The monoisotopic (exact) mass is 478 g/mol. The van der Waals surface area contributed by atoms with E-state index in [0.29, 0.717) is 0 Å². The Labute approximate surface area is 143 Å². The lowest BCUT2D eigenvalue weighted by molar-refractivity contribution is 0.560. The molecular formula is C16H32I2. The van der Waals surface area contributed by atoms with E-state index in [-0.39, 0.29) is 0 Å². The first-order chi connectivity index (χ1) is 8.70. The molecule has 0 bridgehead atoms. The molecule has 0 fully saturated rings. The Balaban J connectivity index is 3.28. The van der Waals surface area contributed by atoms with Crippen LogP contribution in [0.3, 0.4) is 0 Å². The third kappa shape index (κ3) is 13.9. The Bertz CT molecular complexity index is 159. The minimum absolute atomic E-state index is 0.911. The third-order valence-corrected chi connectivity index (χ3v) is 5.77. The predicted molar refractivity (Wildman–Crippen MR) is 102 cm³/mol. The van der Waals surface area contributed by atoms with Crippen LogP contribution >= 0.6 is 45.2 Å². The topological polar surface area (TPSA) is 0 Å². The lowest BCUT2D eigenvalue weighted by atomic mass is 10.0. The van der Waals surface area contributed by atoms with Crippen LogP contribution in [0.2, 0.25) is 0 Å². The molecule has 2 unspecified atom stereocenters. The first kappa shape index (κ1) is 19.5. The maximum absolute atomic E-state index is 2.68. The maximum atomic E-state index is 2.68. The van der Waals surface area contributed by atoms with E-state index in [1.165, 1.54) is 77.0 Å². The molecule has 0 amide bonds. The average molecular weight is 478 g/mol. The van der Waals surface area contributed by atoms with Crippen molar-refractivity contribution in [2.75, 3.05) is 0 Å². The van der Waals surface area contributed by atoms with E-state index in [2.05, 4.69) is 59.0 Å². The van der Waals surface area contributed by atoms with Crippen LogP contribution in [0.4, 0.5) is 0 Å².